The maximum atomic E-state index is 10.9. The Kier molecular flexibility index (Phi) is 2.95. The van der Waals surface area contributed by atoms with Crippen molar-refractivity contribution in [2.45, 2.75) is 6.92 Å². The smallest absolute Gasteiger partial charge is 0.335 e. The Morgan fingerprint density at radius 3 is 2.85 bits per heavy atom. The molecule has 0 aliphatic rings. The van der Waals surface area contributed by atoms with Gasteiger partial charge in [-0.2, -0.15) is 0 Å². The van der Waals surface area contributed by atoms with Gasteiger partial charge < -0.3 is 9.52 Å². The fraction of sp³-hybridized carbons (Fsp3) is 0.0667. The number of aryl methyl sites for hydroxylation is 1. The third-order valence-corrected chi connectivity index (χ3v) is 3.56. The average molecular weight is 288 g/mol. The molecule has 0 saturated heterocycles. The number of halogens is 1. The predicted octanol–water partition coefficient (Wildman–Crippen LogP) is 4.15. The van der Waals surface area contributed by atoms with Crippen molar-refractivity contribution >= 4 is 28.7 Å². The minimum absolute atomic E-state index is 0.174. The van der Waals surface area contributed by atoms with Crippen molar-refractivity contribution in [3.8, 4) is 11.5 Å². The lowest BCUT2D eigenvalue weighted by Gasteiger charge is -2.01. The van der Waals surface area contributed by atoms with Crippen molar-refractivity contribution in [3.63, 3.8) is 0 Å². The Morgan fingerprint density at radius 1 is 1.30 bits per heavy atom. The fourth-order valence-electron chi connectivity index (χ4n) is 1.99. The van der Waals surface area contributed by atoms with Crippen molar-refractivity contribution < 1.29 is 14.3 Å². The molecule has 20 heavy (non-hydrogen) atoms. The third kappa shape index (κ3) is 2.04. The zero-order valence-electron chi connectivity index (χ0n) is 10.6. The van der Waals surface area contributed by atoms with E-state index < -0.39 is 5.97 Å². The standard InChI is InChI=1S/C15H10ClNO3/c1-8-3-2-4-10(13(8)16)14-17-11-7-9(15(18)19)5-6-12(11)20-14/h2-7H,1H3,(H,18,19). The molecule has 0 fully saturated rings. The Balaban J connectivity index is 2.18. The van der Waals surface area contributed by atoms with Gasteiger partial charge in [-0.1, -0.05) is 23.7 Å². The lowest BCUT2D eigenvalue weighted by molar-refractivity contribution is 0.0697. The highest BCUT2D eigenvalue weighted by Gasteiger charge is 2.14. The fourth-order valence-corrected chi connectivity index (χ4v) is 2.20. The number of fused-ring (bicyclic) bond motifs is 1. The normalized spacial score (nSPS) is 10.9. The van der Waals surface area contributed by atoms with Gasteiger partial charge in [0.2, 0.25) is 5.89 Å². The lowest BCUT2D eigenvalue weighted by atomic mass is 10.1. The SMILES string of the molecule is Cc1cccc(-c2nc3cc(C(=O)O)ccc3o2)c1Cl. The molecule has 0 saturated carbocycles. The van der Waals surface area contributed by atoms with Crippen molar-refractivity contribution in [1.29, 1.82) is 0 Å². The Bertz CT molecular complexity index is 823. The van der Waals surface area contributed by atoms with E-state index in [1.54, 1.807) is 6.07 Å². The highest BCUT2D eigenvalue weighted by molar-refractivity contribution is 6.33. The zero-order valence-corrected chi connectivity index (χ0v) is 11.3. The van der Waals surface area contributed by atoms with E-state index >= 15 is 0 Å². The number of carboxylic acids is 1. The maximum absolute atomic E-state index is 10.9. The second-order valence-electron chi connectivity index (χ2n) is 4.44. The quantitative estimate of drug-likeness (QED) is 0.769. The van der Waals surface area contributed by atoms with Crippen LogP contribution in [0.15, 0.2) is 40.8 Å². The van der Waals surface area contributed by atoms with E-state index in [0.29, 0.717) is 27.6 Å². The van der Waals surface area contributed by atoms with Crippen molar-refractivity contribution in [2.75, 3.05) is 0 Å². The van der Waals surface area contributed by atoms with Crippen LogP contribution in [0.2, 0.25) is 5.02 Å². The maximum Gasteiger partial charge on any atom is 0.335 e. The molecule has 0 unspecified atom stereocenters. The van der Waals surface area contributed by atoms with Gasteiger partial charge in [0.25, 0.3) is 0 Å². The Morgan fingerprint density at radius 2 is 2.10 bits per heavy atom. The molecule has 0 amide bonds. The van der Waals surface area contributed by atoms with E-state index in [0.717, 1.165) is 5.56 Å². The Hall–Kier alpha value is -2.33. The second kappa shape index (κ2) is 4.65. The van der Waals surface area contributed by atoms with E-state index in [9.17, 15) is 4.79 Å². The molecule has 0 aliphatic heterocycles. The minimum Gasteiger partial charge on any atom is -0.478 e. The molecule has 2 aromatic carbocycles. The molecule has 0 spiro atoms. The summed E-state index contributed by atoms with van der Waals surface area (Å²) in [5, 5.41) is 9.55. The van der Waals surface area contributed by atoms with E-state index in [4.69, 9.17) is 21.1 Å². The summed E-state index contributed by atoms with van der Waals surface area (Å²) in [7, 11) is 0. The zero-order chi connectivity index (χ0) is 14.3. The van der Waals surface area contributed by atoms with Gasteiger partial charge in [-0.3, -0.25) is 0 Å². The topological polar surface area (TPSA) is 63.3 Å². The highest BCUT2D eigenvalue weighted by atomic mass is 35.5. The molecule has 5 heteroatoms. The number of aromatic nitrogens is 1. The summed E-state index contributed by atoms with van der Waals surface area (Å²) in [5.74, 6) is -0.610. The van der Waals surface area contributed by atoms with E-state index in [1.165, 1.54) is 12.1 Å². The molecule has 0 radical (unpaired) electrons. The predicted molar refractivity (Wildman–Crippen MR) is 76.2 cm³/mol. The molecule has 1 aromatic heterocycles. The number of hydrogen-bond acceptors (Lipinski definition) is 3. The number of hydrogen-bond donors (Lipinski definition) is 1. The number of nitrogens with zero attached hydrogens (tertiary/aromatic N) is 1. The molecule has 1 heterocycles. The van der Waals surface area contributed by atoms with Crippen LogP contribution in [0.4, 0.5) is 0 Å². The van der Waals surface area contributed by atoms with Gasteiger partial charge in [0.15, 0.2) is 5.58 Å². The molecule has 100 valence electrons. The van der Waals surface area contributed by atoms with Crippen molar-refractivity contribution in [3.05, 3.63) is 52.5 Å². The number of aromatic carboxylic acids is 1. The van der Waals surface area contributed by atoms with Crippen LogP contribution >= 0.6 is 11.6 Å². The second-order valence-corrected chi connectivity index (χ2v) is 4.82. The number of benzene rings is 2. The largest absolute Gasteiger partial charge is 0.478 e. The van der Waals surface area contributed by atoms with Crippen LogP contribution in [-0.4, -0.2) is 16.1 Å². The van der Waals surface area contributed by atoms with Gasteiger partial charge >= 0.3 is 5.97 Å². The van der Waals surface area contributed by atoms with Crippen molar-refractivity contribution in [2.24, 2.45) is 0 Å². The van der Waals surface area contributed by atoms with Crippen LogP contribution in [0.25, 0.3) is 22.6 Å². The van der Waals surface area contributed by atoms with Crippen LogP contribution in [0, 0.1) is 6.92 Å². The van der Waals surface area contributed by atoms with Crippen LogP contribution < -0.4 is 0 Å². The molecule has 3 aromatic rings. The van der Waals surface area contributed by atoms with Gasteiger partial charge in [0.05, 0.1) is 16.1 Å². The van der Waals surface area contributed by atoms with Crippen LogP contribution in [0.5, 0.6) is 0 Å². The summed E-state index contributed by atoms with van der Waals surface area (Å²) in [6, 6.07) is 10.1. The molecular weight excluding hydrogens is 278 g/mol. The number of carboxylic acid groups (broad SMARTS) is 1. The number of oxazole rings is 1. The van der Waals surface area contributed by atoms with Gasteiger partial charge in [0, 0.05) is 0 Å². The summed E-state index contributed by atoms with van der Waals surface area (Å²) in [6.07, 6.45) is 0. The summed E-state index contributed by atoms with van der Waals surface area (Å²) in [5.41, 5.74) is 2.82. The van der Waals surface area contributed by atoms with Gasteiger partial charge in [0.1, 0.15) is 5.52 Å². The first kappa shape index (κ1) is 12.7. The first-order valence-corrected chi connectivity index (χ1v) is 6.33. The molecule has 0 atom stereocenters. The average Bonchev–Trinajstić information content (AvgIpc) is 2.84. The van der Waals surface area contributed by atoms with Gasteiger partial charge in [-0.15, -0.1) is 0 Å². The van der Waals surface area contributed by atoms with E-state index in [1.807, 2.05) is 25.1 Å². The molecule has 4 nitrogen and oxygen atoms in total. The Labute approximate surface area is 119 Å². The van der Waals surface area contributed by atoms with Crippen LogP contribution in [-0.2, 0) is 0 Å². The monoisotopic (exact) mass is 287 g/mol. The van der Waals surface area contributed by atoms with Crippen LogP contribution in [0.1, 0.15) is 15.9 Å². The van der Waals surface area contributed by atoms with Gasteiger partial charge in [-0.05, 0) is 36.8 Å². The summed E-state index contributed by atoms with van der Waals surface area (Å²) in [4.78, 5) is 15.3. The molecule has 0 aliphatic carbocycles. The number of carbonyl (C=O) groups is 1. The van der Waals surface area contributed by atoms with Crippen molar-refractivity contribution in [1.82, 2.24) is 4.98 Å². The first-order chi connectivity index (χ1) is 9.56. The highest BCUT2D eigenvalue weighted by Crippen LogP contribution is 2.32. The number of rotatable bonds is 2. The van der Waals surface area contributed by atoms with Gasteiger partial charge in [-0.25, -0.2) is 9.78 Å². The molecular formula is C15H10ClNO3. The third-order valence-electron chi connectivity index (χ3n) is 3.06. The van der Waals surface area contributed by atoms with Crippen LogP contribution in [0.3, 0.4) is 0 Å². The van der Waals surface area contributed by atoms with E-state index in [-0.39, 0.29) is 5.56 Å². The molecule has 1 N–H and O–H groups in total. The lowest BCUT2D eigenvalue weighted by Crippen LogP contribution is -1.94. The minimum atomic E-state index is -0.995. The molecule has 3 rings (SSSR count). The summed E-state index contributed by atoms with van der Waals surface area (Å²) < 4.78 is 5.64. The summed E-state index contributed by atoms with van der Waals surface area (Å²) in [6.45, 7) is 1.90. The first-order valence-electron chi connectivity index (χ1n) is 5.95. The van der Waals surface area contributed by atoms with E-state index in [2.05, 4.69) is 4.98 Å². The summed E-state index contributed by atoms with van der Waals surface area (Å²) >= 11 is 6.24. The molecule has 0 bridgehead atoms.